The third-order valence-corrected chi connectivity index (χ3v) is 4.57. The predicted octanol–water partition coefficient (Wildman–Crippen LogP) is 4.32. The Labute approximate surface area is 141 Å². The summed E-state index contributed by atoms with van der Waals surface area (Å²) in [5, 5.41) is 10.6. The summed E-state index contributed by atoms with van der Waals surface area (Å²) in [4.78, 5) is 13.1. The zero-order valence-electron chi connectivity index (χ0n) is 13.7. The van der Waals surface area contributed by atoms with Gasteiger partial charge in [-0.15, -0.1) is 16.9 Å². The van der Waals surface area contributed by atoms with Crippen molar-refractivity contribution < 1.29 is 9.53 Å². The zero-order chi connectivity index (χ0) is 16.5. The molecule has 0 spiro atoms. The lowest BCUT2D eigenvalue weighted by Gasteiger charge is -2.08. The highest BCUT2D eigenvalue weighted by molar-refractivity contribution is 7.99. The number of aromatic nitrogens is 3. The number of nitrogens with one attached hydrogen (secondary N) is 1. The number of hydrogen-bond donors (Lipinski definition) is 1. The molecule has 2 aromatic rings. The first-order chi connectivity index (χ1) is 11.3. The number of H-pyrrole nitrogens is 1. The molecule has 1 aromatic carbocycles. The van der Waals surface area contributed by atoms with Gasteiger partial charge in [-0.1, -0.05) is 44.4 Å². The monoisotopic (exact) mass is 333 g/mol. The van der Waals surface area contributed by atoms with Gasteiger partial charge in [0.1, 0.15) is 5.69 Å². The minimum absolute atomic E-state index is 0.242. The van der Waals surface area contributed by atoms with Crippen molar-refractivity contribution in [1.82, 2.24) is 15.4 Å². The van der Waals surface area contributed by atoms with Gasteiger partial charge in [-0.25, -0.2) is 4.79 Å². The molecule has 0 aliphatic rings. The van der Waals surface area contributed by atoms with Gasteiger partial charge >= 0.3 is 5.97 Å². The fraction of sp³-hybridized carbons (Fsp3) is 0.471. The molecule has 0 atom stereocenters. The number of rotatable bonds is 9. The van der Waals surface area contributed by atoms with Crippen molar-refractivity contribution in [2.45, 2.75) is 44.4 Å². The molecular weight excluding hydrogens is 310 g/mol. The van der Waals surface area contributed by atoms with Gasteiger partial charge in [-0.2, -0.15) is 10.3 Å². The standard InChI is InChI=1S/C17H23N3O2S/c1-3-5-6-9-12-23-14-11-8-7-10-13(14)15-16(19-20-18-15)17(21)22-4-2/h7-8,10-11H,3-6,9,12H2,1-2H3,(H,18,19,20). The van der Waals surface area contributed by atoms with Crippen molar-refractivity contribution in [1.29, 1.82) is 0 Å². The molecule has 0 fully saturated rings. The molecule has 2 rings (SSSR count). The van der Waals surface area contributed by atoms with Crippen molar-refractivity contribution in [3.8, 4) is 11.3 Å². The Kier molecular flexibility index (Phi) is 7.13. The third-order valence-electron chi connectivity index (χ3n) is 3.41. The molecule has 5 nitrogen and oxygen atoms in total. The van der Waals surface area contributed by atoms with Gasteiger partial charge in [0.2, 0.25) is 0 Å². The first-order valence-electron chi connectivity index (χ1n) is 8.08. The summed E-state index contributed by atoms with van der Waals surface area (Å²) < 4.78 is 5.05. The first kappa shape index (κ1) is 17.5. The summed E-state index contributed by atoms with van der Waals surface area (Å²) in [6.07, 6.45) is 4.96. The second-order valence-electron chi connectivity index (χ2n) is 5.15. The highest BCUT2D eigenvalue weighted by Crippen LogP contribution is 2.32. The summed E-state index contributed by atoms with van der Waals surface area (Å²) in [5.74, 6) is 0.614. The summed E-state index contributed by atoms with van der Waals surface area (Å²) >= 11 is 1.80. The molecule has 0 radical (unpaired) electrons. The highest BCUT2D eigenvalue weighted by atomic mass is 32.2. The van der Waals surface area contributed by atoms with Crippen LogP contribution in [-0.2, 0) is 4.74 Å². The van der Waals surface area contributed by atoms with Crippen molar-refractivity contribution in [3.05, 3.63) is 30.0 Å². The fourth-order valence-corrected chi connectivity index (χ4v) is 3.32. The average molecular weight is 333 g/mol. The highest BCUT2D eigenvalue weighted by Gasteiger charge is 2.20. The second kappa shape index (κ2) is 9.35. The Morgan fingerprint density at radius 1 is 1.17 bits per heavy atom. The third kappa shape index (κ3) is 4.82. The first-order valence-corrected chi connectivity index (χ1v) is 9.06. The number of unbranched alkanes of at least 4 members (excludes halogenated alkanes) is 3. The number of ether oxygens (including phenoxy) is 1. The molecule has 0 unspecified atom stereocenters. The van der Waals surface area contributed by atoms with Gasteiger partial charge < -0.3 is 4.74 Å². The van der Waals surface area contributed by atoms with Gasteiger partial charge in [-0.3, -0.25) is 0 Å². The second-order valence-corrected chi connectivity index (χ2v) is 6.28. The number of aromatic amines is 1. The van der Waals surface area contributed by atoms with Crippen LogP contribution in [0.25, 0.3) is 11.3 Å². The molecule has 6 heteroatoms. The van der Waals surface area contributed by atoms with Crippen LogP contribution in [-0.4, -0.2) is 33.7 Å². The van der Waals surface area contributed by atoms with E-state index in [9.17, 15) is 4.79 Å². The van der Waals surface area contributed by atoms with Gasteiger partial charge in [0.15, 0.2) is 5.69 Å². The summed E-state index contributed by atoms with van der Waals surface area (Å²) in [5.41, 5.74) is 1.72. The van der Waals surface area contributed by atoms with Crippen LogP contribution in [0.15, 0.2) is 29.2 Å². The molecule has 0 aliphatic carbocycles. The lowest BCUT2D eigenvalue weighted by atomic mass is 10.1. The molecule has 124 valence electrons. The Bertz CT molecular complexity index is 628. The lowest BCUT2D eigenvalue weighted by Crippen LogP contribution is -2.07. The molecule has 1 heterocycles. The van der Waals surface area contributed by atoms with Crippen molar-refractivity contribution in [2.24, 2.45) is 0 Å². The van der Waals surface area contributed by atoms with Gasteiger partial charge in [0.05, 0.1) is 6.61 Å². The molecular formula is C17H23N3O2S. The van der Waals surface area contributed by atoms with Crippen LogP contribution < -0.4 is 0 Å². The molecule has 23 heavy (non-hydrogen) atoms. The van der Waals surface area contributed by atoms with Crippen LogP contribution in [0.2, 0.25) is 0 Å². The van der Waals surface area contributed by atoms with Crippen LogP contribution in [0.3, 0.4) is 0 Å². The van der Waals surface area contributed by atoms with Crippen LogP contribution in [0.4, 0.5) is 0 Å². The van der Waals surface area contributed by atoms with Gasteiger partial charge in [0.25, 0.3) is 0 Å². The minimum atomic E-state index is -0.445. The molecule has 1 N–H and O–H groups in total. The van der Waals surface area contributed by atoms with Crippen LogP contribution >= 0.6 is 11.8 Å². The van der Waals surface area contributed by atoms with E-state index in [4.69, 9.17) is 4.74 Å². The zero-order valence-corrected chi connectivity index (χ0v) is 14.5. The molecule has 0 saturated carbocycles. The van der Waals surface area contributed by atoms with Gasteiger partial charge in [-0.05, 0) is 25.2 Å². The molecule has 0 bridgehead atoms. The van der Waals surface area contributed by atoms with Crippen LogP contribution in [0, 0.1) is 0 Å². The van der Waals surface area contributed by atoms with E-state index in [1.165, 1.54) is 25.7 Å². The summed E-state index contributed by atoms with van der Waals surface area (Å²) in [6.45, 7) is 4.31. The van der Waals surface area contributed by atoms with E-state index < -0.39 is 5.97 Å². The lowest BCUT2D eigenvalue weighted by molar-refractivity contribution is 0.0520. The van der Waals surface area contributed by atoms with E-state index in [1.807, 2.05) is 18.2 Å². The van der Waals surface area contributed by atoms with Crippen molar-refractivity contribution >= 4 is 17.7 Å². The number of nitrogens with zero attached hydrogens (tertiary/aromatic N) is 2. The number of hydrogen-bond acceptors (Lipinski definition) is 5. The quantitative estimate of drug-likeness (QED) is 0.420. The molecule has 0 aliphatic heterocycles. The Hall–Kier alpha value is -1.82. The smallest absolute Gasteiger partial charge is 0.361 e. The Morgan fingerprint density at radius 2 is 2.00 bits per heavy atom. The SMILES string of the molecule is CCCCCCSc1ccccc1-c1n[nH]nc1C(=O)OCC. The Morgan fingerprint density at radius 3 is 2.78 bits per heavy atom. The van der Waals surface area contributed by atoms with E-state index in [0.29, 0.717) is 12.3 Å². The summed E-state index contributed by atoms with van der Waals surface area (Å²) in [7, 11) is 0. The number of carbonyl (C=O) groups excluding carboxylic acids is 1. The minimum Gasteiger partial charge on any atom is -0.461 e. The molecule has 1 aromatic heterocycles. The number of esters is 1. The van der Waals surface area contributed by atoms with Crippen molar-refractivity contribution in [3.63, 3.8) is 0 Å². The predicted molar refractivity (Wildman–Crippen MR) is 92.6 cm³/mol. The number of thioether (sulfide) groups is 1. The normalized spacial score (nSPS) is 10.7. The number of benzene rings is 1. The van der Waals surface area contributed by atoms with E-state index in [2.05, 4.69) is 28.4 Å². The molecule has 0 amide bonds. The topological polar surface area (TPSA) is 67.9 Å². The van der Waals surface area contributed by atoms with Crippen molar-refractivity contribution in [2.75, 3.05) is 12.4 Å². The maximum absolute atomic E-state index is 12.0. The van der Waals surface area contributed by atoms with E-state index >= 15 is 0 Å². The van der Waals surface area contributed by atoms with Crippen LogP contribution in [0.1, 0.15) is 50.0 Å². The maximum atomic E-state index is 12.0. The maximum Gasteiger partial charge on any atom is 0.361 e. The summed E-state index contributed by atoms with van der Waals surface area (Å²) in [6, 6.07) is 7.97. The fourth-order valence-electron chi connectivity index (χ4n) is 2.26. The van der Waals surface area contributed by atoms with Gasteiger partial charge in [0, 0.05) is 10.5 Å². The van der Waals surface area contributed by atoms with Crippen LogP contribution in [0.5, 0.6) is 0 Å². The van der Waals surface area contributed by atoms with E-state index in [1.54, 1.807) is 18.7 Å². The van der Waals surface area contributed by atoms with E-state index in [-0.39, 0.29) is 5.69 Å². The largest absolute Gasteiger partial charge is 0.461 e. The Balaban J connectivity index is 2.14. The molecule has 0 saturated heterocycles. The number of carbonyl (C=O) groups is 1. The van der Waals surface area contributed by atoms with E-state index in [0.717, 1.165) is 16.2 Å². The average Bonchev–Trinajstić information content (AvgIpc) is 3.05.